The summed E-state index contributed by atoms with van der Waals surface area (Å²) < 4.78 is 47.4. The highest BCUT2D eigenvalue weighted by atomic mass is 127. The van der Waals surface area contributed by atoms with Gasteiger partial charge in [-0.25, -0.2) is 0 Å². The minimum Gasteiger partial charge on any atom is -0.497 e. The van der Waals surface area contributed by atoms with Crippen molar-refractivity contribution in [2.45, 2.75) is 31.5 Å². The minimum absolute atomic E-state index is 0. The molecule has 6 nitrogen and oxygen atoms in total. The summed E-state index contributed by atoms with van der Waals surface area (Å²) in [5, 5.41) is 6.40. The number of methoxy groups -OCH3 is 1. The largest absolute Gasteiger partial charge is 0.497 e. The predicted molar refractivity (Wildman–Crippen MR) is 123 cm³/mol. The lowest BCUT2D eigenvalue weighted by Crippen LogP contribution is -2.46. The first-order chi connectivity index (χ1) is 13.9. The Labute approximate surface area is 193 Å². The van der Waals surface area contributed by atoms with Crippen molar-refractivity contribution in [2.24, 2.45) is 4.99 Å². The number of rotatable bonds is 9. The number of morpholine rings is 1. The first-order valence-corrected chi connectivity index (χ1v) is 9.90. The number of benzene rings is 1. The van der Waals surface area contributed by atoms with Gasteiger partial charge < -0.3 is 20.1 Å². The van der Waals surface area contributed by atoms with Gasteiger partial charge in [0.2, 0.25) is 0 Å². The van der Waals surface area contributed by atoms with Crippen molar-refractivity contribution in [3.05, 3.63) is 29.8 Å². The van der Waals surface area contributed by atoms with Crippen molar-refractivity contribution in [2.75, 3.05) is 53.6 Å². The number of nitrogens with zero attached hydrogens (tertiary/aromatic N) is 2. The van der Waals surface area contributed by atoms with E-state index in [1.807, 2.05) is 24.3 Å². The van der Waals surface area contributed by atoms with E-state index in [1.54, 1.807) is 14.2 Å². The highest BCUT2D eigenvalue weighted by Gasteiger charge is 2.26. The molecule has 0 spiro atoms. The number of halogens is 4. The van der Waals surface area contributed by atoms with Crippen molar-refractivity contribution < 1.29 is 22.6 Å². The highest BCUT2D eigenvalue weighted by molar-refractivity contribution is 14.0. The Kier molecular flexibility index (Phi) is 12.4. The van der Waals surface area contributed by atoms with Crippen molar-refractivity contribution in [1.29, 1.82) is 0 Å². The molecular formula is C20H32F3IN4O2. The summed E-state index contributed by atoms with van der Waals surface area (Å²) in [6.07, 6.45) is -4.30. The van der Waals surface area contributed by atoms with E-state index < -0.39 is 12.6 Å². The molecule has 1 aliphatic heterocycles. The number of nitrogens with one attached hydrogen (secondary N) is 2. The third-order valence-corrected chi connectivity index (χ3v) is 4.85. The Morgan fingerprint density at radius 1 is 1.17 bits per heavy atom. The summed E-state index contributed by atoms with van der Waals surface area (Å²) in [5.74, 6) is 1.39. The molecule has 1 saturated heterocycles. The number of guanidine groups is 1. The van der Waals surface area contributed by atoms with Crippen molar-refractivity contribution >= 4 is 29.9 Å². The fourth-order valence-corrected chi connectivity index (χ4v) is 3.24. The smallest absolute Gasteiger partial charge is 0.389 e. The molecule has 0 aliphatic carbocycles. The maximum atomic E-state index is 12.2. The standard InChI is InChI=1S/C20H31F3N4O2.HI/c1-24-19(25-10-4-3-9-20(21,22)23)26-15-18(27-11-13-29-14-12-27)16-5-7-17(28-2)8-6-16;/h5-8,18H,3-4,9-15H2,1-2H3,(H2,24,25,26);1H. The Hall–Kier alpha value is -1.27. The summed E-state index contributed by atoms with van der Waals surface area (Å²) in [5.41, 5.74) is 1.15. The molecular weight excluding hydrogens is 512 g/mol. The second-order valence-corrected chi connectivity index (χ2v) is 6.89. The fraction of sp³-hybridized carbons (Fsp3) is 0.650. The van der Waals surface area contributed by atoms with Crippen LogP contribution in [0.5, 0.6) is 5.75 Å². The molecule has 172 valence electrons. The Balaban J connectivity index is 0.00000450. The van der Waals surface area contributed by atoms with E-state index in [2.05, 4.69) is 20.5 Å². The molecule has 0 saturated carbocycles. The molecule has 1 unspecified atom stereocenters. The van der Waals surface area contributed by atoms with Gasteiger partial charge in [-0.15, -0.1) is 24.0 Å². The van der Waals surface area contributed by atoms with Gasteiger partial charge in [-0.3, -0.25) is 9.89 Å². The van der Waals surface area contributed by atoms with Crippen LogP contribution in [0.3, 0.4) is 0 Å². The number of alkyl halides is 3. The van der Waals surface area contributed by atoms with Crippen molar-refractivity contribution in [3.63, 3.8) is 0 Å². The molecule has 1 aliphatic rings. The van der Waals surface area contributed by atoms with Crippen LogP contribution in [0.15, 0.2) is 29.3 Å². The van der Waals surface area contributed by atoms with Crippen LogP contribution in [0.1, 0.15) is 30.9 Å². The maximum absolute atomic E-state index is 12.2. The Bertz CT molecular complexity index is 623. The van der Waals surface area contributed by atoms with E-state index in [9.17, 15) is 13.2 Å². The lowest BCUT2D eigenvalue weighted by molar-refractivity contribution is -0.135. The van der Waals surface area contributed by atoms with Gasteiger partial charge in [0.25, 0.3) is 0 Å². The molecule has 0 bridgehead atoms. The van der Waals surface area contributed by atoms with Crippen LogP contribution in [0.4, 0.5) is 13.2 Å². The molecule has 1 aromatic rings. The van der Waals surface area contributed by atoms with Gasteiger partial charge in [0.05, 0.1) is 26.4 Å². The molecule has 10 heteroatoms. The zero-order chi connectivity index (χ0) is 21.1. The molecule has 2 N–H and O–H groups in total. The van der Waals surface area contributed by atoms with Gasteiger partial charge in [-0.2, -0.15) is 13.2 Å². The van der Waals surface area contributed by atoms with Gasteiger partial charge in [-0.1, -0.05) is 12.1 Å². The lowest BCUT2D eigenvalue weighted by atomic mass is 10.0. The van der Waals surface area contributed by atoms with Gasteiger partial charge >= 0.3 is 6.18 Å². The summed E-state index contributed by atoms with van der Waals surface area (Å²) >= 11 is 0. The Morgan fingerprint density at radius 3 is 2.40 bits per heavy atom. The molecule has 30 heavy (non-hydrogen) atoms. The zero-order valence-electron chi connectivity index (χ0n) is 17.5. The van der Waals surface area contributed by atoms with Crippen LogP contribution in [0.25, 0.3) is 0 Å². The molecule has 1 fully saturated rings. The van der Waals surface area contributed by atoms with Gasteiger partial charge in [0.1, 0.15) is 5.75 Å². The summed E-state index contributed by atoms with van der Waals surface area (Å²) in [6.45, 7) is 4.12. The van der Waals surface area contributed by atoms with E-state index in [1.165, 1.54) is 0 Å². The van der Waals surface area contributed by atoms with E-state index in [-0.39, 0.29) is 36.4 Å². The summed E-state index contributed by atoms with van der Waals surface area (Å²) in [6, 6.07) is 8.10. The Morgan fingerprint density at radius 2 is 1.83 bits per heavy atom. The van der Waals surface area contributed by atoms with E-state index in [0.717, 1.165) is 24.4 Å². The van der Waals surface area contributed by atoms with E-state index in [0.29, 0.717) is 38.7 Å². The molecule has 0 amide bonds. The number of unbranched alkanes of at least 4 members (excludes halogenated alkanes) is 1. The lowest BCUT2D eigenvalue weighted by Gasteiger charge is -2.35. The van der Waals surface area contributed by atoms with Crippen LogP contribution < -0.4 is 15.4 Å². The summed E-state index contributed by atoms with van der Waals surface area (Å²) in [7, 11) is 3.29. The monoisotopic (exact) mass is 544 g/mol. The van der Waals surface area contributed by atoms with Crippen LogP contribution >= 0.6 is 24.0 Å². The van der Waals surface area contributed by atoms with Gasteiger partial charge in [0.15, 0.2) is 5.96 Å². The molecule has 0 radical (unpaired) electrons. The molecule has 1 atom stereocenters. The summed E-state index contributed by atoms with van der Waals surface area (Å²) in [4.78, 5) is 6.54. The number of hydrogen-bond donors (Lipinski definition) is 2. The molecule has 1 aromatic carbocycles. The van der Waals surface area contributed by atoms with E-state index in [4.69, 9.17) is 9.47 Å². The molecule has 1 heterocycles. The van der Waals surface area contributed by atoms with E-state index >= 15 is 0 Å². The second-order valence-electron chi connectivity index (χ2n) is 6.89. The number of ether oxygens (including phenoxy) is 2. The third-order valence-electron chi connectivity index (χ3n) is 4.85. The zero-order valence-corrected chi connectivity index (χ0v) is 19.8. The predicted octanol–water partition coefficient (Wildman–Crippen LogP) is 3.58. The van der Waals surface area contributed by atoms with Crippen LogP contribution in [-0.2, 0) is 4.74 Å². The number of aliphatic imine (C=N–C) groups is 1. The van der Waals surface area contributed by atoms with Crippen molar-refractivity contribution in [1.82, 2.24) is 15.5 Å². The average molecular weight is 544 g/mol. The third kappa shape index (κ3) is 9.69. The topological polar surface area (TPSA) is 58.1 Å². The second kappa shape index (κ2) is 13.9. The first-order valence-electron chi connectivity index (χ1n) is 9.90. The van der Waals surface area contributed by atoms with Crippen LogP contribution in [-0.4, -0.2) is 70.6 Å². The first kappa shape index (κ1) is 26.8. The van der Waals surface area contributed by atoms with Crippen molar-refractivity contribution in [3.8, 4) is 5.75 Å². The quantitative estimate of drug-likeness (QED) is 0.216. The average Bonchev–Trinajstić information content (AvgIpc) is 2.72. The van der Waals surface area contributed by atoms with Crippen LogP contribution in [0.2, 0.25) is 0 Å². The van der Waals surface area contributed by atoms with Crippen LogP contribution in [0, 0.1) is 0 Å². The minimum atomic E-state index is -4.09. The fourth-order valence-electron chi connectivity index (χ4n) is 3.24. The molecule has 0 aromatic heterocycles. The SMILES string of the molecule is CN=C(NCCCCC(F)(F)F)NCC(c1ccc(OC)cc1)N1CCOCC1.I. The maximum Gasteiger partial charge on any atom is 0.389 e. The normalized spacial score (nSPS) is 16.5. The molecule has 2 rings (SSSR count). The number of hydrogen-bond acceptors (Lipinski definition) is 4. The van der Waals surface area contributed by atoms with Gasteiger partial charge in [-0.05, 0) is 30.5 Å². The van der Waals surface area contributed by atoms with Gasteiger partial charge in [0, 0.05) is 39.6 Å². The highest BCUT2D eigenvalue weighted by Crippen LogP contribution is 2.24.